The summed E-state index contributed by atoms with van der Waals surface area (Å²) in [7, 11) is 0. The Kier molecular flexibility index (Phi) is 1.67. The molecule has 4 unspecified atom stereocenters. The molecule has 14 heavy (non-hydrogen) atoms. The molecule has 1 nitrogen and oxygen atoms in total. The van der Waals surface area contributed by atoms with E-state index in [0.717, 1.165) is 18.3 Å². The molecular formula is C13H20O. The van der Waals surface area contributed by atoms with Gasteiger partial charge >= 0.3 is 0 Å². The monoisotopic (exact) mass is 192 g/mol. The van der Waals surface area contributed by atoms with Crippen LogP contribution in [0.4, 0.5) is 0 Å². The Morgan fingerprint density at radius 2 is 1.93 bits per heavy atom. The van der Waals surface area contributed by atoms with Crippen LogP contribution in [0.1, 0.15) is 46.0 Å². The fraction of sp³-hybridized carbons (Fsp3) is 0.923. The minimum atomic E-state index is 0.346. The molecule has 0 saturated heterocycles. The lowest BCUT2D eigenvalue weighted by atomic mass is 9.83. The number of fused-ring (bicyclic) bond motifs is 2. The maximum atomic E-state index is 12.2. The summed E-state index contributed by atoms with van der Waals surface area (Å²) in [6, 6.07) is 0. The number of rotatable bonds is 2. The Morgan fingerprint density at radius 3 is 2.36 bits per heavy atom. The van der Waals surface area contributed by atoms with Crippen LogP contribution >= 0.6 is 0 Å². The number of hydrogen-bond acceptors (Lipinski definition) is 1. The Bertz CT molecular complexity index is 279. The predicted molar refractivity (Wildman–Crippen MR) is 55.8 cm³/mol. The highest BCUT2D eigenvalue weighted by Gasteiger charge is 2.55. The van der Waals surface area contributed by atoms with Crippen LogP contribution in [0.5, 0.6) is 0 Å². The number of carbonyl (C=O) groups is 1. The highest BCUT2D eigenvalue weighted by atomic mass is 16.1. The molecule has 3 fully saturated rings. The second kappa shape index (κ2) is 2.62. The first-order valence-electron chi connectivity index (χ1n) is 6.11. The molecule has 3 aliphatic carbocycles. The van der Waals surface area contributed by atoms with Gasteiger partial charge in [-0.25, -0.2) is 0 Å². The molecule has 3 rings (SSSR count). The zero-order valence-corrected chi connectivity index (χ0v) is 9.25. The average molecular weight is 192 g/mol. The molecule has 0 aromatic rings. The van der Waals surface area contributed by atoms with Gasteiger partial charge in [0.15, 0.2) is 0 Å². The molecule has 0 aliphatic heterocycles. The second-order valence-corrected chi connectivity index (χ2v) is 6.43. The summed E-state index contributed by atoms with van der Waals surface area (Å²) < 4.78 is 0. The molecular weight excluding hydrogens is 172 g/mol. The van der Waals surface area contributed by atoms with Crippen molar-refractivity contribution < 1.29 is 4.79 Å². The summed E-state index contributed by atoms with van der Waals surface area (Å²) in [6.45, 7) is 4.48. The molecule has 0 amide bonds. The van der Waals surface area contributed by atoms with Crippen LogP contribution in [-0.4, -0.2) is 5.78 Å². The fourth-order valence-electron chi connectivity index (χ4n) is 3.80. The van der Waals surface area contributed by atoms with E-state index in [2.05, 4.69) is 13.8 Å². The van der Waals surface area contributed by atoms with Crippen molar-refractivity contribution in [2.24, 2.45) is 29.1 Å². The zero-order valence-electron chi connectivity index (χ0n) is 9.25. The standard InChI is InChI=1S/C13H20O/c1-13(2)7-11(13)12(14)10-6-8-3-4-9(10)5-8/h8-11H,3-7H2,1-2H3. The van der Waals surface area contributed by atoms with Gasteiger partial charge in [0, 0.05) is 11.8 Å². The van der Waals surface area contributed by atoms with Gasteiger partial charge in [-0.1, -0.05) is 20.3 Å². The summed E-state index contributed by atoms with van der Waals surface area (Å²) in [5.41, 5.74) is 0.346. The van der Waals surface area contributed by atoms with Crippen molar-refractivity contribution >= 4 is 5.78 Å². The van der Waals surface area contributed by atoms with Crippen LogP contribution in [0.3, 0.4) is 0 Å². The Balaban J connectivity index is 1.70. The molecule has 0 radical (unpaired) electrons. The quantitative estimate of drug-likeness (QED) is 0.657. The van der Waals surface area contributed by atoms with Crippen molar-refractivity contribution in [1.29, 1.82) is 0 Å². The molecule has 0 aromatic heterocycles. The molecule has 3 saturated carbocycles. The maximum absolute atomic E-state index is 12.2. The third kappa shape index (κ3) is 1.17. The lowest BCUT2D eigenvalue weighted by molar-refractivity contribution is -0.126. The number of carbonyl (C=O) groups excluding carboxylic acids is 1. The van der Waals surface area contributed by atoms with Crippen molar-refractivity contribution in [2.75, 3.05) is 0 Å². The zero-order chi connectivity index (χ0) is 9.92. The summed E-state index contributed by atoms with van der Waals surface area (Å²) >= 11 is 0. The van der Waals surface area contributed by atoms with Crippen LogP contribution in [-0.2, 0) is 4.79 Å². The van der Waals surface area contributed by atoms with E-state index >= 15 is 0 Å². The van der Waals surface area contributed by atoms with Gasteiger partial charge < -0.3 is 0 Å². The first-order chi connectivity index (χ1) is 6.58. The number of ketones is 1. The summed E-state index contributed by atoms with van der Waals surface area (Å²) in [5.74, 6) is 3.22. The van der Waals surface area contributed by atoms with Crippen molar-refractivity contribution in [1.82, 2.24) is 0 Å². The Morgan fingerprint density at radius 1 is 1.21 bits per heavy atom. The minimum absolute atomic E-state index is 0.346. The third-order valence-electron chi connectivity index (χ3n) is 4.96. The normalized spacial score (nSPS) is 48.1. The van der Waals surface area contributed by atoms with Crippen LogP contribution < -0.4 is 0 Å². The van der Waals surface area contributed by atoms with Gasteiger partial charge in [-0.3, -0.25) is 4.79 Å². The van der Waals surface area contributed by atoms with E-state index < -0.39 is 0 Å². The predicted octanol–water partition coefficient (Wildman–Crippen LogP) is 3.04. The molecule has 3 aliphatic rings. The van der Waals surface area contributed by atoms with E-state index in [4.69, 9.17) is 0 Å². The molecule has 2 bridgehead atoms. The first kappa shape index (κ1) is 8.94. The summed E-state index contributed by atoms with van der Waals surface area (Å²) in [5, 5.41) is 0. The van der Waals surface area contributed by atoms with Gasteiger partial charge in [-0.05, 0) is 42.9 Å². The van der Waals surface area contributed by atoms with Crippen molar-refractivity contribution in [3.05, 3.63) is 0 Å². The smallest absolute Gasteiger partial charge is 0.139 e. The van der Waals surface area contributed by atoms with Crippen LogP contribution in [0.2, 0.25) is 0 Å². The highest BCUT2D eigenvalue weighted by molar-refractivity contribution is 5.87. The molecule has 1 heteroatoms. The maximum Gasteiger partial charge on any atom is 0.139 e. The molecule has 0 heterocycles. The van der Waals surface area contributed by atoms with Crippen LogP contribution in [0.15, 0.2) is 0 Å². The SMILES string of the molecule is CC1(C)CC1C(=O)C1CC2CCC1C2. The van der Waals surface area contributed by atoms with Crippen LogP contribution in [0, 0.1) is 29.1 Å². The van der Waals surface area contributed by atoms with Crippen molar-refractivity contribution in [2.45, 2.75) is 46.0 Å². The topological polar surface area (TPSA) is 17.1 Å². The minimum Gasteiger partial charge on any atom is -0.299 e. The molecule has 4 atom stereocenters. The van der Waals surface area contributed by atoms with Gasteiger partial charge in [0.05, 0.1) is 0 Å². The van der Waals surface area contributed by atoms with Crippen molar-refractivity contribution in [3.8, 4) is 0 Å². The highest BCUT2D eigenvalue weighted by Crippen LogP contribution is 2.57. The Hall–Kier alpha value is -0.330. The van der Waals surface area contributed by atoms with Gasteiger partial charge in [0.25, 0.3) is 0 Å². The largest absolute Gasteiger partial charge is 0.299 e. The molecule has 0 aromatic carbocycles. The summed E-state index contributed by atoms with van der Waals surface area (Å²) in [4.78, 5) is 12.2. The van der Waals surface area contributed by atoms with Gasteiger partial charge in [-0.2, -0.15) is 0 Å². The number of Topliss-reactive ketones (excluding diaryl/α,β-unsaturated/α-hetero) is 1. The van der Waals surface area contributed by atoms with E-state index in [1.807, 2.05) is 0 Å². The van der Waals surface area contributed by atoms with Gasteiger partial charge in [-0.15, -0.1) is 0 Å². The van der Waals surface area contributed by atoms with Gasteiger partial charge in [0.2, 0.25) is 0 Å². The molecule has 78 valence electrons. The van der Waals surface area contributed by atoms with E-state index in [-0.39, 0.29) is 0 Å². The number of hydrogen-bond donors (Lipinski definition) is 0. The Labute approximate surface area is 86.3 Å². The van der Waals surface area contributed by atoms with E-state index in [1.54, 1.807) is 0 Å². The first-order valence-corrected chi connectivity index (χ1v) is 6.11. The lowest BCUT2D eigenvalue weighted by Gasteiger charge is -2.20. The molecule has 0 spiro atoms. The average Bonchev–Trinajstić information content (AvgIpc) is 2.59. The molecule has 0 N–H and O–H groups in total. The summed E-state index contributed by atoms with van der Waals surface area (Å²) in [6.07, 6.45) is 6.50. The van der Waals surface area contributed by atoms with E-state index in [9.17, 15) is 4.79 Å². The van der Waals surface area contributed by atoms with Crippen molar-refractivity contribution in [3.63, 3.8) is 0 Å². The lowest BCUT2D eigenvalue weighted by Crippen LogP contribution is -2.23. The van der Waals surface area contributed by atoms with E-state index in [1.165, 1.54) is 25.7 Å². The second-order valence-electron chi connectivity index (χ2n) is 6.43. The third-order valence-corrected chi connectivity index (χ3v) is 4.96. The fourth-order valence-corrected chi connectivity index (χ4v) is 3.80. The van der Waals surface area contributed by atoms with Gasteiger partial charge in [0.1, 0.15) is 5.78 Å². The van der Waals surface area contributed by atoms with Crippen LogP contribution in [0.25, 0.3) is 0 Å². The van der Waals surface area contributed by atoms with E-state index in [0.29, 0.717) is 23.0 Å².